The van der Waals surface area contributed by atoms with E-state index in [1.807, 2.05) is 6.92 Å². The van der Waals surface area contributed by atoms with Crippen LogP contribution in [0.2, 0.25) is 0 Å². The molecule has 0 aliphatic carbocycles. The summed E-state index contributed by atoms with van der Waals surface area (Å²) in [6.45, 7) is 10.4. The van der Waals surface area contributed by atoms with Gasteiger partial charge in [-0.25, -0.2) is 4.99 Å². The number of ether oxygens (including phenoxy) is 1. The second-order valence-corrected chi connectivity index (χ2v) is 5.40. The third-order valence-electron chi connectivity index (χ3n) is 3.45. The maximum absolute atomic E-state index is 5.41. The highest BCUT2D eigenvalue weighted by Gasteiger charge is 2.04. The van der Waals surface area contributed by atoms with Crippen LogP contribution in [0.15, 0.2) is 29.3 Å². The maximum atomic E-state index is 5.41. The minimum Gasteiger partial charge on any atom is -0.377 e. The molecule has 0 unspecified atom stereocenters. The summed E-state index contributed by atoms with van der Waals surface area (Å²) in [6, 6.07) is 8.50. The predicted octanol–water partition coefficient (Wildman–Crippen LogP) is 3.42. The molecule has 0 fully saturated rings. The van der Waals surface area contributed by atoms with E-state index in [0.29, 0.717) is 13.2 Å². The predicted molar refractivity (Wildman–Crippen MR) is 94.1 cm³/mol. The first kappa shape index (κ1) is 18.5. The monoisotopic (exact) mass is 305 g/mol. The van der Waals surface area contributed by atoms with Gasteiger partial charge in [0.1, 0.15) is 0 Å². The molecule has 0 spiro atoms. The Labute approximate surface area is 135 Å². The Bertz CT molecular complexity index is 428. The van der Waals surface area contributed by atoms with Gasteiger partial charge in [-0.2, -0.15) is 0 Å². The third kappa shape index (κ3) is 6.94. The van der Waals surface area contributed by atoms with Gasteiger partial charge in [0.2, 0.25) is 0 Å². The van der Waals surface area contributed by atoms with E-state index < -0.39 is 0 Å². The number of aliphatic imine (C=N–C) groups is 1. The summed E-state index contributed by atoms with van der Waals surface area (Å²) < 4.78 is 5.41. The van der Waals surface area contributed by atoms with E-state index in [0.717, 1.165) is 25.7 Å². The second-order valence-electron chi connectivity index (χ2n) is 5.40. The van der Waals surface area contributed by atoms with Gasteiger partial charge in [-0.05, 0) is 31.4 Å². The molecule has 1 aromatic rings. The van der Waals surface area contributed by atoms with Gasteiger partial charge in [0.25, 0.3) is 0 Å². The zero-order chi connectivity index (χ0) is 16.2. The van der Waals surface area contributed by atoms with Crippen molar-refractivity contribution in [1.29, 1.82) is 0 Å². The lowest BCUT2D eigenvalue weighted by Crippen LogP contribution is -2.39. The molecule has 0 bridgehead atoms. The molecule has 22 heavy (non-hydrogen) atoms. The molecule has 0 atom stereocenters. The summed E-state index contributed by atoms with van der Waals surface area (Å²) in [5.41, 5.74) is 2.43. The molecule has 0 aliphatic heterocycles. The fourth-order valence-corrected chi connectivity index (χ4v) is 2.10. The highest BCUT2D eigenvalue weighted by molar-refractivity contribution is 5.79. The van der Waals surface area contributed by atoms with Crippen LogP contribution in [0.4, 0.5) is 0 Å². The van der Waals surface area contributed by atoms with Crippen LogP contribution in [0.3, 0.4) is 0 Å². The molecule has 0 radical (unpaired) electrons. The minimum atomic E-state index is 0.683. The Morgan fingerprint density at radius 1 is 1.14 bits per heavy atom. The lowest BCUT2D eigenvalue weighted by atomic mass is 10.1. The fraction of sp³-hybridized carbons (Fsp3) is 0.611. The molecule has 0 saturated heterocycles. The average molecular weight is 305 g/mol. The van der Waals surface area contributed by atoms with E-state index in [4.69, 9.17) is 9.73 Å². The number of nitrogens with one attached hydrogen (secondary N) is 1. The molecule has 1 aromatic carbocycles. The molecular formula is C18H31N3O. The summed E-state index contributed by atoms with van der Waals surface area (Å²) >= 11 is 0. The van der Waals surface area contributed by atoms with Crippen molar-refractivity contribution in [3.05, 3.63) is 35.4 Å². The number of hydrogen-bond donors (Lipinski definition) is 1. The summed E-state index contributed by atoms with van der Waals surface area (Å²) in [6.07, 6.45) is 2.39. The summed E-state index contributed by atoms with van der Waals surface area (Å²) in [4.78, 5) is 6.93. The van der Waals surface area contributed by atoms with Crippen LogP contribution in [0.25, 0.3) is 0 Å². The Hall–Kier alpha value is -1.55. The van der Waals surface area contributed by atoms with Gasteiger partial charge in [0, 0.05) is 26.7 Å². The molecule has 0 heterocycles. The Morgan fingerprint density at radius 3 is 2.41 bits per heavy atom. The molecular weight excluding hydrogens is 274 g/mol. The van der Waals surface area contributed by atoms with E-state index in [2.05, 4.69) is 55.4 Å². The molecule has 1 rings (SSSR count). The van der Waals surface area contributed by atoms with Crippen molar-refractivity contribution in [2.45, 2.75) is 46.8 Å². The van der Waals surface area contributed by atoms with Gasteiger partial charge in [0.15, 0.2) is 5.96 Å². The molecule has 0 saturated carbocycles. The zero-order valence-electron chi connectivity index (χ0n) is 14.6. The average Bonchev–Trinajstić information content (AvgIpc) is 2.55. The molecule has 4 nitrogen and oxygen atoms in total. The van der Waals surface area contributed by atoms with E-state index in [1.54, 1.807) is 0 Å². The summed E-state index contributed by atoms with van der Waals surface area (Å²) in [7, 11) is 2.10. The van der Waals surface area contributed by atoms with Gasteiger partial charge in [-0.3, -0.25) is 0 Å². The van der Waals surface area contributed by atoms with Crippen molar-refractivity contribution in [1.82, 2.24) is 10.2 Å². The van der Waals surface area contributed by atoms with Crippen LogP contribution < -0.4 is 5.32 Å². The number of hydrogen-bond acceptors (Lipinski definition) is 2. The summed E-state index contributed by atoms with van der Waals surface area (Å²) in [5.74, 6) is 0.981. The maximum Gasteiger partial charge on any atom is 0.193 e. The van der Waals surface area contributed by atoms with Crippen LogP contribution in [-0.4, -0.2) is 37.6 Å². The van der Waals surface area contributed by atoms with E-state index in [9.17, 15) is 0 Å². The quantitative estimate of drug-likeness (QED) is 0.561. The smallest absolute Gasteiger partial charge is 0.193 e. The summed E-state index contributed by atoms with van der Waals surface area (Å²) in [5, 5.41) is 3.36. The highest BCUT2D eigenvalue weighted by Crippen LogP contribution is 2.07. The van der Waals surface area contributed by atoms with Crippen LogP contribution in [0.1, 0.15) is 44.7 Å². The number of unbranched alkanes of at least 4 members (excludes halogenated alkanes) is 1. The first-order chi connectivity index (χ1) is 10.7. The number of nitrogens with zero attached hydrogens (tertiary/aromatic N) is 2. The van der Waals surface area contributed by atoms with Crippen LogP contribution in [0.5, 0.6) is 0 Å². The molecule has 0 aromatic heterocycles. The van der Waals surface area contributed by atoms with Crippen molar-refractivity contribution in [2.75, 3.05) is 26.7 Å². The first-order valence-corrected chi connectivity index (χ1v) is 8.36. The lowest BCUT2D eigenvalue weighted by molar-refractivity contribution is 0.134. The zero-order valence-corrected chi connectivity index (χ0v) is 14.6. The van der Waals surface area contributed by atoms with Gasteiger partial charge < -0.3 is 15.0 Å². The normalized spacial score (nSPS) is 11.5. The van der Waals surface area contributed by atoms with E-state index >= 15 is 0 Å². The van der Waals surface area contributed by atoms with Crippen LogP contribution in [-0.2, 0) is 17.9 Å². The Kier molecular flexibility index (Phi) is 9.31. The van der Waals surface area contributed by atoms with E-state index in [-0.39, 0.29) is 0 Å². The second kappa shape index (κ2) is 11.1. The van der Waals surface area contributed by atoms with Crippen molar-refractivity contribution >= 4 is 5.96 Å². The first-order valence-electron chi connectivity index (χ1n) is 8.36. The molecule has 124 valence electrons. The number of rotatable bonds is 9. The lowest BCUT2D eigenvalue weighted by Gasteiger charge is -2.21. The standard InChI is InChI=1S/C18H31N3O/c1-5-8-13-21(4)18(19-6-2)20-14-16-9-11-17(12-10-16)15-22-7-3/h9-12H,5-8,13-15H2,1-4H3,(H,19,20). The van der Waals surface area contributed by atoms with Crippen LogP contribution >= 0.6 is 0 Å². The molecule has 0 amide bonds. The number of benzene rings is 1. The van der Waals surface area contributed by atoms with Gasteiger partial charge in [0.05, 0.1) is 13.2 Å². The highest BCUT2D eigenvalue weighted by atomic mass is 16.5. The molecule has 1 N–H and O–H groups in total. The topological polar surface area (TPSA) is 36.9 Å². The minimum absolute atomic E-state index is 0.683. The van der Waals surface area contributed by atoms with Crippen molar-refractivity contribution in [2.24, 2.45) is 4.99 Å². The van der Waals surface area contributed by atoms with Gasteiger partial charge in [-0.1, -0.05) is 37.6 Å². The van der Waals surface area contributed by atoms with Crippen molar-refractivity contribution in [3.8, 4) is 0 Å². The van der Waals surface area contributed by atoms with Crippen molar-refractivity contribution < 1.29 is 4.74 Å². The molecule has 4 heteroatoms. The van der Waals surface area contributed by atoms with E-state index in [1.165, 1.54) is 24.0 Å². The van der Waals surface area contributed by atoms with Crippen molar-refractivity contribution in [3.63, 3.8) is 0 Å². The number of guanidine groups is 1. The van der Waals surface area contributed by atoms with Gasteiger partial charge >= 0.3 is 0 Å². The SMILES string of the molecule is CCCCN(C)C(=NCc1ccc(COCC)cc1)NCC. The van der Waals surface area contributed by atoms with Crippen LogP contribution in [0, 0.1) is 0 Å². The largest absolute Gasteiger partial charge is 0.377 e. The Morgan fingerprint density at radius 2 is 1.82 bits per heavy atom. The molecule has 0 aliphatic rings. The van der Waals surface area contributed by atoms with Gasteiger partial charge in [-0.15, -0.1) is 0 Å². The third-order valence-corrected chi connectivity index (χ3v) is 3.45. The fourth-order valence-electron chi connectivity index (χ4n) is 2.10. The Balaban J connectivity index is 2.61.